The number of hydrogen-bond acceptors (Lipinski definition) is 1. The zero-order chi connectivity index (χ0) is 7.84. The Morgan fingerprint density at radius 1 is 1.27 bits per heavy atom. The van der Waals surface area contributed by atoms with Gasteiger partial charge in [0, 0.05) is 12.3 Å². The van der Waals surface area contributed by atoms with Gasteiger partial charge in [0.1, 0.15) is 5.78 Å². The lowest BCUT2D eigenvalue weighted by molar-refractivity contribution is -0.122. The van der Waals surface area contributed by atoms with E-state index in [0.717, 1.165) is 18.3 Å². The molecule has 0 aromatic heterocycles. The van der Waals surface area contributed by atoms with Crippen molar-refractivity contribution in [3.8, 4) is 0 Å². The maximum atomic E-state index is 11.4. The summed E-state index contributed by atoms with van der Waals surface area (Å²) in [4.78, 5) is 11.4. The largest absolute Gasteiger partial charge is 0.299 e. The Labute approximate surface area is 68.2 Å². The first kappa shape index (κ1) is 7.33. The SMILES string of the molecule is CC1CCCC2C(=O)CCC12. The van der Waals surface area contributed by atoms with Crippen molar-refractivity contribution in [2.45, 2.75) is 39.0 Å². The lowest BCUT2D eigenvalue weighted by Gasteiger charge is -2.30. The van der Waals surface area contributed by atoms with E-state index in [1.54, 1.807) is 0 Å². The smallest absolute Gasteiger partial charge is 0.136 e. The standard InChI is InChI=1S/C10H16O/c1-7-3-2-4-9-8(7)5-6-10(9)11/h7-9H,2-6H2,1H3. The fourth-order valence-electron chi connectivity index (χ4n) is 2.86. The number of fused-ring (bicyclic) bond motifs is 1. The van der Waals surface area contributed by atoms with E-state index in [2.05, 4.69) is 6.92 Å². The molecule has 2 aliphatic rings. The maximum absolute atomic E-state index is 11.4. The lowest BCUT2D eigenvalue weighted by Crippen LogP contribution is -2.25. The van der Waals surface area contributed by atoms with Crippen LogP contribution in [0.3, 0.4) is 0 Å². The van der Waals surface area contributed by atoms with E-state index in [0.29, 0.717) is 11.7 Å². The minimum Gasteiger partial charge on any atom is -0.299 e. The highest BCUT2D eigenvalue weighted by Gasteiger charge is 2.39. The van der Waals surface area contributed by atoms with Crippen molar-refractivity contribution in [1.29, 1.82) is 0 Å². The summed E-state index contributed by atoms with van der Waals surface area (Å²) >= 11 is 0. The van der Waals surface area contributed by atoms with Crippen LogP contribution in [0, 0.1) is 17.8 Å². The van der Waals surface area contributed by atoms with Crippen LogP contribution in [0.5, 0.6) is 0 Å². The first-order valence-electron chi connectivity index (χ1n) is 4.82. The van der Waals surface area contributed by atoms with Crippen molar-refractivity contribution >= 4 is 5.78 Å². The van der Waals surface area contributed by atoms with Crippen LogP contribution < -0.4 is 0 Å². The van der Waals surface area contributed by atoms with Gasteiger partial charge in [-0.3, -0.25) is 4.79 Å². The molecule has 0 N–H and O–H groups in total. The van der Waals surface area contributed by atoms with Crippen molar-refractivity contribution < 1.29 is 4.79 Å². The van der Waals surface area contributed by atoms with Gasteiger partial charge in [0.15, 0.2) is 0 Å². The van der Waals surface area contributed by atoms with Gasteiger partial charge in [-0.25, -0.2) is 0 Å². The number of carbonyl (C=O) groups is 1. The zero-order valence-electron chi connectivity index (χ0n) is 7.18. The number of rotatable bonds is 0. The molecule has 2 aliphatic carbocycles. The van der Waals surface area contributed by atoms with Gasteiger partial charge in [-0.05, 0) is 24.7 Å². The van der Waals surface area contributed by atoms with Crippen LogP contribution in [0.4, 0.5) is 0 Å². The molecule has 3 atom stereocenters. The van der Waals surface area contributed by atoms with E-state index in [1.807, 2.05) is 0 Å². The molecule has 0 spiro atoms. The molecule has 1 heteroatoms. The maximum Gasteiger partial charge on any atom is 0.136 e. The van der Waals surface area contributed by atoms with E-state index in [1.165, 1.54) is 25.7 Å². The Balaban J connectivity index is 2.12. The van der Waals surface area contributed by atoms with Gasteiger partial charge in [-0.15, -0.1) is 0 Å². The molecule has 0 bridgehead atoms. The molecular formula is C10H16O. The van der Waals surface area contributed by atoms with E-state index in [9.17, 15) is 4.79 Å². The lowest BCUT2D eigenvalue weighted by atomic mass is 9.75. The zero-order valence-corrected chi connectivity index (χ0v) is 7.18. The van der Waals surface area contributed by atoms with Crippen molar-refractivity contribution in [2.24, 2.45) is 17.8 Å². The number of carbonyl (C=O) groups excluding carboxylic acids is 1. The highest BCUT2D eigenvalue weighted by Crippen LogP contribution is 2.43. The second-order valence-electron chi connectivity index (χ2n) is 4.18. The molecule has 0 aromatic rings. The van der Waals surface area contributed by atoms with Crippen LogP contribution in [0.15, 0.2) is 0 Å². The summed E-state index contributed by atoms with van der Waals surface area (Å²) < 4.78 is 0. The Hall–Kier alpha value is -0.330. The van der Waals surface area contributed by atoms with Gasteiger partial charge in [0.25, 0.3) is 0 Å². The molecule has 0 radical (unpaired) electrons. The minimum atomic E-state index is 0.471. The van der Waals surface area contributed by atoms with Crippen LogP contribution in [0.2, 0.25) is 0 Å². The molecule has 62 valence electrons. The Morgan fingerprint density at radius 2 is 2.09 bits per heavy atom. The summed E-state index contributed by atoms with van der Waals surface area (Å²) in [6.45, 7) is 2.31. The van der Waals surface area contributed by atoms with Crippen LogP contribution in [-0.4, -0.2) is 5.78 Å². The highest BCUT2D eigenvalue weighted by molar-refractivity contribution is 5.83. The van der Waals surface area contributed by atoms with Crippen LogP contribution >= 0.6 is 0 Å². The monoisotopic (exact) mass is 152 g/mol. The van der Waals surface area contributed by atoms with Gasteiger partial charge < -0.3 is 0 Å². The fraction of sp³-hybridized carbons (Fsp3) is 0.900. The first-order chi connectivity index (χ1) is 5.29. The average Bonchev–Trinajstić information content (AvgIpc) is 2.35. The molecule has 2 fully saturated rings. The molecule has 0 amide bonds. The number of Topliss-reactive ketones (excluding diaryl/α,β-unsaturated/α-hetero) is 1. The van der Waals surface area contributed by atoms with Crippen molar-refractivity contribution in [1.82, 2.24) is 0 Å². The third kappa shape index (κ3) is 1.11. The summed E-state index contributed by atoms with van der Waals surface area (Å²) in [5.41, 5.74) is 0. The summed E-state index contributed by atoms with van der Waals surface area (Å²) in [7, 11) is 0. The van der Waals surface area contributed by atoms with E-state index in [-0.39, 0.29) is 0 Å². The normalized spacial score (nSPS) is 44.1. The molecule has 3 unspecified atom stereocenters. The molecule has 0 aliphatic heterocycles. The van der Waals surface area contributed by atoms with Crippen molar-refractivity contribution in [3.63, 3.8) is 0 Å². The first-order valence-corrected chi connectivity index (χ1v) is 4.82. The van der Waals surface area contributed by atoms with Crippen molar-refractivity contribution in [2.75, 3.05) is 0 Å². The van der Waals surface area contributed by atoms with E-state index < -0.39 is 0 Å². The third-order valence-corrected chi connectivity index (χ3v) is 3.56. The van der Waals surface area contributed by atoms with E-state index in [4.69, 9.17) is 0 Å². The Bertz CT molecular complexity index is 174. The molecule has 1 nitrogen and oxygen atoms in total. The third-order valence-electron chi connectivity index (χ3n) is 3.56. The second kappa shape index (κ2) is 2.62. The second-order valence-corrected chi connectivity index (χ2v) is 4.18. The van der Waals surface area contributed by atoms with Gasteiger partial charge >= 0.3 is 0 Å². The molecule has 0 heterocycles. The fourth-order valence-corrected chi connectivity index (χ4v) is 2.86. The Morgan fingerprint density at radius 3 is 2.82 bits per heavy atom. The summed E-state index contributed by atoms with van der Waals surface area (Å²) in [6.07, 6.45) is 5.89. The Kier molecular flexibility index (Phi) is 1.74. The molecule has 2 saturated carbocycles. The number of ketones is 1. The van der Waals surface area contributed by atoms with Gasteiger partial charge in [-0.2, -0.15) is 0 Å². The molecule has 0 saturated heterocycles. The van der Waals surface area contributed by atoms with Gasteiger partial charge in [-0.1, -0.05) is 19.8 Å². The minimum absolute atomic E-state index is 0.471. The summed E-state index contributed by atoms with van der Waals surface area (Å²) in [5.74, 6) is 2.61. The van der Waals surface area contributed by atoms with Crippen LogP contribution in [-0.2, 0) is 4.79 Å². The summed E-state index contributed by atoms with van der Waals surface area (Å²) in [5, 5.41) is 0. The predicted molar refractivity (Wildman–Crippen MR) is 44.2 cm³/mol. The van der Waals surface area contributed by atoms with Crippen molar-refractivity contribution in [3.05, 3.63) is 0 Å². The molecule has 11 heavy (non-hydrogen) atoms. The van der Waals surface area contributed by atoms with Crippen LogP contribution in [0.25, 0.3) is 0 Å². The topological polar surface area (TPSA) is 17.1 Å². The quantitative estimate of drug-likeness (QED) is 0.521. The predicted octanol–water partition coefficient (Wildman–Crippen LogP) is 2.40. The molecular weight excluding hydrogens is 136 g/mol. The number of hydrogen-bond donors (Lipinski definition) is 0. The molecule has 0 aromatic carbocycles. The van der Waals surface area contributed by atoms with Gasteiger partial charge in [0.05, 0.1) is 0 Å². The van der Waals surface area contributed by atoms with Gasteiger partial charge in [0.2, 0.25) is 0 Å². The summed E-state index contributed by atoms with van der Waals surface area (Å²) in [6, 6.07) is 0. The van der Waals surface area contributed by atoms with E-state index >= 15 is 0 Å². The average molecular weight is 152 g/mol. The van der Waals surface area contributed by atoms with Crippen LogP contribution in [0.1, 0.15) is 39.0 Å². The highest BCUT2D eigenvalue weighted by atomic mass is 16.1. The molecule has 2 rings (SSSR count).